The van der Waals surface area contributed by atoms with Gasteiger partial charge in [0, 0.05) is 5.56 Å². The van der Waals surface area contributed by atoms with Crippen molar-refractivity contribution in [2.24, 2.45) is 0 Å². The number of aromatic nitrogens is 4. The molecule has 0 unspecified atom stereocenters. The maximum atomic E-state index is 5.20. The Bertz CT molecular complexity index is 790. The zero-order valence-electron chi connectivity index (χ0n) is 12.4. The van der Waals surface area contributed by atoms with Crippen molar-refractivity contribution < 1.29 is 4.74 Å². The second-order valence-corrected chi connectivity index (χ2v) is 5.42. The van der Waals surface area contributed by atoms with Crippen LogP contribution in [0.3, 0.4) is 0 Å². The largest absolute Gasteiger partial charge is 0.497 e. The summed E-state index contributed by atoms with van der Waals surface area (Å²) >= 11 is 0. The second kappa shape index (κ2) is 5.38. The fourth-order valence-corrected chi connectivity index (χ4v) is 2.84. The summed E-state index contributed by atoms with van der Waals surface area (Å²) in [4.78, 5) is 0. The van der Waals surface area contributed by atoms with E-state index in [9.17, 15) is 0 Å². The first-order valence-corrected chi connectivity index (χ1v) is 7.45. The molecule has 0 spiro atoms. The standard InChI is InChI=1S/C16H17N5O/c1-22-12-6-4-11(5-7-12)13-8-9-15-18-19-16(21(15)20-13)14-3-2-10-17-14/h4-9,14,17H,2-3,10H2,1H3/t14-/m1/s1. The van der Waals surface area contributed by atoms with E-state index >= 15 is 0 Å². The van der Waals surface area contributed by atoms with Gasteiger partial charge in [0.05, 0.1) is 18.8 Å². The van der Waals surface area contributed by atoms with Gasteiger partial charge >= 0.3 is 0 Å². The van der Waals surface area contributed by atoms with E-state index in [1.165, 1.54) is 0 Å². The number of fused-ring (bicyclic) bond motifs is 1. The van der Waals surface area contributed by atoms with Gasteiger partial charge in [0.2, 0.25) is 0 Å². The molecule has 6 nitrogen and oxygen atoms in total. The van der Waals surface area contributed by atoms with Crippen molar-refractivity contribution >= 4 is 5.65 Å². The summed E-state index contributed by atoms with van der Waals surface area (Å²) in [6, 6.07) is 12.1. The van der Waals surface area contributed by atoms with Crippen molar-refractivity contribution in [2.45, 2.75) is 18.9 Å². The van der Waals surface area contributed by atoms with E-state index in [2.05, 4.69) is 15.5 Å². The maximum Gasteiger partial charge on any atom is 0.178 e. The summed E-state index contributed by atoms with van der Waals surface area (Å²) in [5.74, 6) is 1.73. The third-order valence-electron chi connectivity index (χ3n) is 4.04. The van der Waals surface area contributed by atoms with Gasteiger partial charge in [0.25, 0.3) is 0 Å². The fraction of sp³-hybridized carbons (Fsp3) is 0.312. The molecule has 3 heterocycles. The van der Waals surface area contributed by atoms with Crippen LogP contribution in [0.1, 0.15) is 24.7 Å². The zero-order chi connectivity index (χ0) is 14.9. The molecular formula is C16H17N5O. The number of nitrogens with one attached hydrogen (secondary N) is 1. The highest BCUT2D eigenvalue weighted by Gasteiger charge is 2.22. The lowest BCUT2D eigenvalue weighted by Crippen LogP contribution is -2.16. The smallest absolute Gasteiger partial charge is 0.178 e. The van der Waals surface area contributed by atoms with Crippen LogP contribution in [0.2, 0.25) is 0 Å². The van der Waals surface area contributed by atoms with Gasteiger partial charge in [0.15, 0.2) is 11.5 Å². The van der Waals surface area contributed by atoms with Gasteiger partial charge in [-0.25, -0.2) is 0 Å². The third kappa shape index (κ3) is 2.21. The molecule has 1 aromatic carbocycles. The van der Waals surface area contributed by atoms with Crippen LogP contribution in [0.25, 0.3) is 16.9 Å². The summed E-state index contributed by atoms with van der Waals surface area (Å²) in [7, 11) is 1.66. The monoisotopic (exact) mass is 295 g/mol. The third-order valence-corrected chi connectivity index (χ3v) is 4.04. The summed E-state index contributed by atoms with van der Waals surface area (Å²) in [5, 5.41) is 16.7. The first kappa shape index (κ1) is 13.2. The van der Waals surface area contributed by atoms with Crippen molar-refractivity contribution in [3.8, 4) is 17.0 Å². The van der Waals surface area contributed by atoms with Crippen molar-refractivity contribution in [1.82, 2.24) is 25.1 Å². The van der Waals surface area contributed by atoms with E-state index in [1.54, 1.807) is 7.11 Å². The van der Waals surface area contributed by atoms with Crippen LogP contribution in [-0.4, -0.2) is 33.5 Å². The average Bonchev–Trinajstić information content (AvgIpc) is 3.23. The Morgan fingerprint density at radius 2 is 2.00 bits per heavy atom. The Morgan fingerprint density at radius 3 is 2.73 bits per heavy atom. The van der Waals surface area contributed by atoms with Crippen molar-refractivity contribution in [2.75, 3.05) is 13.7 Å². The van der Waals surface area contributed by atoms with Crippen LogP contribution >= 0.6 is 0 Å². The molecule has 1 N–H and O–H groups in total. The second-order valence-electron chi connectivity index (χ2n) is 5.42. The number of hydrogen-bond acceptors (Lipinski definition) is 5. The van der Waals surface area contributed by atoms with Gasteiger partial charge in [-0.2, -0.15) is 9.61 Å². The molecule has 1 aliphatic heterocycles. The molecule has 22 heavy (non-hydrogen) atoms. The lowest BCUT2D eigenvalue weighted by Gasteiger charge is -2.08. The van der Waals surface area contributed by atoms with E-state index in [0.29, 0.717) is 0 Å². The van der Waals surface area contributed by atoms with Crippen LogP contribution in [0, 0.1) is 0 Å². The molecular weight excluding hydrogens is 278 g/mol. The van der Waals surface area contributed by atoms with Crippen molar-refractivity contribution in [3.05, 3.63) is 42.2 Å². The number of ether oxygens (including phenoxy) is 1. The van der Waals surface area contributed by atoms with Crippen LogP contribution in [0.4, 0.5) is 0 Å². The quantitative estimate of drug-likeness (QED) is 0.802. The molecule has 4 rings (SSSR count). The number of benzene rings is 1. The first-order valence-electron chi connectivity index (χ1n) is 7.45. The molecule has 0 saturated carbocycles. The van der Waals surface area contributed by atoms with Gasteiger partial charge in [-0.05, 0) is 55.8 Å². The number of methoxy groups -OCH3 is 1. The van der Waals surface area contributed by atoms with Gasteiger partial charge in [-0.15, -0.1) is 10.2 Å². The van der Waals surface area contributed by atoms with Crippen molar-refractivity contribution in [3.63, 3.8) is 0 Å². The Labute approximate surface area is 128 Å². The predicted molar refractivity (Wildman–Crippen MR) is 82.7 cm³/mol. The number of hydrogen-bond donors (Lipinski definition) is 1. The maximum absolute atomic E-state index is 5.20. The minimum atomic E-state index is 0.244. The molecule has 3 aromatic rings. The molecule has 0 bridgehead atoms. The topological polar surface area (TPSA) is 64.3 Å². The SMILES string of the molecule is COc1ccc(-c2ccc3nnc([C@H]4CCCN4)n3n2)cc1. The Kier molecular flexibility index (Phi) is 3.23. The fourth-order valence-electron chi connectivity index (χ4n) is 2.84. The zero-order valence-corrected chi connectivity index (χ0v) is 12.4. The van der Waals surface area contributed by atoms with Crippen LogP contribution in [-0.2, 0) is 0 Å². The highest BCUT2D eigenvalue weighted by atomic mass is 16.5. The number of rotatable bonds is 3. The molecule has 112 valence electrons. The minimum absolute atomic E-state index is 0.244. The average molecular weight is 295 g/mol. The van der Waals surface area contributed by atoms with E-state index in [1.807, 2.05) is 40.9 Å². The van der Waals surface area contributed by atoms with Crippen LogP contribution in [0.5, 0.6) is 5.75 Å². The lowest BCUT2D eigenvalue weighted by atomic mass is 10.1. The van der Waals surface area contributed by atoms with Crippen molar-refractivity contribution in [1.29, 1.82) is 0 Å². The highest BCUT2D eigenvalue weighted by Crippen LogP contribution is 2.24. The van der Waals surface area contributed by atoms with Crippen LogP contribution in [0.15, 0.2) is 36.4 Å². The Balaban J connectivity index is 1.76. The van der Waals surface area contributed by atoms with E-state index in [0.717, 1.165) is 47.9 Å². The van der Waals surface area contributed by atoms with E-state index in [4.69, 9.17) is 9.84 Å². The molecule has 1 aliphatic rings. The molecule has 1 saturated heterocycles. The molecule has 1 fully saturated rings. The van der Waals surface area contributed by atoms with Gasteiger partial charge in [0.1, 0.15) is 5.75 Å². The summed E-state index contributed by atoms with van der Waals surface area (Å²) in [6.07, 6.45) is 2.24. The van der Waals surface area contributed by atoms with E-state index < -0.39 is 0 Å². The first-order chi connectivity index (χ1) is 10.8. The Hall–Kier alpha value is -2.47. The van der Waals surface area contributed by atoms with Gasteiger partial charge < -0.3 is 10.1 Å². The summed E-state index contributed by atoms with van der Waals surface area (Å²) < 4.78 is 7.05. The number of nitrogens with zero attached hydrogens (tertiary/aromatic N) is 4. The minimum Gasteiger partial charge on any atom is -0.497 e. The van der Waals surface area contributed by atoms with E-state index in [-0.39, 0.29) is 6.04 Å². The lowest BCUT2D eigenvalue weighted by molar-refractivity contribution is 0.415. The Morgan fingerprint density at radius 1 is 1.14 bits per heavy atom. The molecule has 1 atom stereocenters. The normalized spacial score (nSPS) is 18.0. The summed E-state index contributed by atoms with van der Waals surface area (Å²) in [6.45, 7) is 1.03. The predicted octanol–water partition coefficient (Wildman–Crippen LogP) is 2.22. The molecule has 0 radical (unpaired) electrons. The molecule has 0 amide bonds. The van der Waals surface area contributed by atoms with Crippen LogP contribution < -0.4 is 10.1 Å². The molecule has 2 aromatic heterocycles. The van der Waals surface area contributed by atoms with Gasteiger partial charge in [-0.1, -0.05) is 0 Å². The molecule has 0 aliphatic carbocycles. The molecule has 6 heteroatoms. The summed E-state index contributed by atoms with van der Waals surface area (Å²) in [5.41, 5.74) is 2.72. The van der Waals surface area contributed by atoms with Gasteiger partial charge in [-0.3, -0.25) is 0 Å². The highest BCUT2D eigenvalue weighted by molar-refractivity contribution is 5.61.